The zero-order chi connectivity index (χ0) is 20.4. The minimum atomic E-state index is -0.322. The number of amides is 2. The fourth-order valence-corrected chi connectivity index (χ4v) is 3.60. The van der Waals surface area contributed by atoms with Crippen molar-refractivity contribution in [1.82, 2.24) is 9.88 Å². The van der Waals surface area contributed by atoms with Gasteiger partial charge in [-0.1, -0.05) is 6.92 Å². The average Bonchev–Trinajstić information content (AvgIpc) is 3.17. The van der Waals surface area contributed by atoms with E-state index in [1.54, 1.807) is 35.2 Å². The molecule has 0 saturated carbocycles. The number of piperidine rings is 1. The van der Waals surface area contributed by atoms with Gasteiger partial charge in [-0.2, -0.15) is 0 Å². The molecule has 29 heavy (non-hydrogen) atoms. The van der Waals surface area contributed by atoms with Crippen LogP contribution in [0.3, 0.4) is 0 Å². The molecule has 1 unspecified atom stereocenters. The fourth-order valence-electron chi connectivity index (χ4n) is 3.60. The zero-order valence-corrected chi connectivity index (χ0v) is 16.2. The number of carbonyl (C=O) groups is 2. The summed E-state index contributed by atoms with van der Waals surface area (Å²) in [4.78, 5) is 30.8. The number of nitrogens with one attached hydrogen (secondary N) is 1. The molecule has 0 aliphatic carbocycles. The molecule has 1 aliphatic rings. The Labute approximate surface area is 167 Å². The quantitative estimate of drug-likeness (QED) is 0.718. The molecule has 4 rings (SSSR count). The molecule has 0 spiro atoms. The molecular weight excluding hydrogens is 373 g/mol. The van der Waals surface area contributed by atoms with Crippen LogP contribution in [0.2, 0.25) is 0 Å². The smallest absolute Gasteiger partial charge is 0.229 e. The number of hydrogen-bond acceptors (Lipinski definition) is 4. The minimum Gasteiger partial charge on any atom is -0.436 e. The lowest BCUT2D eigenvalue weighted by Gasteiger charge is -2.31. The number of anilines is 1. The summed E-state index contributed by atoms with van der Waals surface area (Å²) in [5, 5.41) is 2.92. The first-order valence-corrected chi connectivity index (χ1v) is 9.78. The van der Waals surface area contributed by atoms with E-state index < -0.39 is 0 Å². The summed E-state index contributed by atoms with van der Waals surface area (Å²) in [6, 6.07) is 11.2. The number of halogens is 1. The van der Waals surface area contributed by atoms with Crippen LogP contribution in [0, 0.1) is 11.7 Å². The fraction of sp³-hybridized carbons (Fsp3) is 0.318. The summed E-state index contributed by atoms with van der Waals surface area (Å²) in [6.45, 7) is 3.00. The summed E-state index contributed by atoms with van der Waals surface area (Å²) in [5.74, 6) is -0.171. The van der Waals surface area contributed by atoms with Gasteiger partial charge in [-0.25, -0.2) is 9.37 Å². The van der Waals surface area contributed by atoms with Gasteiger partial charge < -0.3 is 14.6 Å². The van der Waals surface area contributed by atoms with E-state index in [-0.39, 0.29) is 23.5 Å². The number of nitrogens with zero attached hydrogens (tertiary/aromatic N) is 2. The van der Waals surface area contributed by atoms with Crippen LogP contribution >= 0.6 is 0 Å². The molecule has 2 amide bonds. The van der Waals surface area contributed by atoms with Gasteiger partial charge in [0.2, 0.25) is 17.7 Å². The van der Waals surface area contributed by atoms with Crippen LogP contribution in [0.1, 0.15) is 26.2 Å². The van der Waals surface area contributed by atoms with E-state index in [4.69, 9.17) is 4.42 Å². The van der Waals surface area contributed by atoms with E-state index in [9.17, 15) is 14.0 Å². The molecule has 1 aromatic heterocycles. The highest BCUT2D eigenvalue weighted by Crippen LogP contribution is 2.27. The molecule has 6 nitrogen and oxygen atoms in total. The first kappa shape index (κ1) is 19.1. The van der Waals surface area contributed by atoms with E-state index in [0.717, 1.165) is 12.8 Å². The summed E-state index contributed by atoms with van der Waals surface area (Å²) in [7, 11) is 0. The van der Waals surface area contributed by atoms with Crippen molar-refractivity contribution in [2.75, 3.05) is 18.4 Å². The molecule has 1 fully saturated rings. The van der Waals surface area contributed by atoms with Gasteiger partial charge in [0.05, 0.1) is 5.92 Å². The second-order valence-corrected chi connectivity index (χ2v) is 7.23. The number of oxazole rings is 1. The minimum absolute atomic E-state index is 0.0823. The first-order chi connectivity index (χ1) is 14.0. The maximum atomic E-state index is 13.1. The van der Waals surface area contributed by atoms with Crippen LogP contribution in [0.4, 0.5) is 10.1 Å². The highest BCUT2D eigenvalue weighted by Gasteiger charge is 2.27. The molecule has 2 heterocycles. The van der Waals surface area contributed by atoms with Crippen molar-refractivity contribution in [2.24, 2.45) is 5.92 Å². The number of likely N-dealkylation sites (tertiary alicyclic amines) is 1. The Balaban J connectivity index is 1.48. The maximum absolute atomic E-state index is 13.1. The Kier molecular flexibility index (Phi) is 5.29. The monoisotopic (exact) mass is 395 g/mol. The van der Waals surface area contributed by atoms with Crippen LogP contribution in [0.15, 0.2) is 46.9 Å². The zero-order valence-electron chi connectivity index (χ0n) is 16.2. The van der Waals surface area contributed by atoms with Gasteiger partial charge in [0.1, 0.15) is 11.3 Å². The third-order valence-corrected chi connectivity index (χ3v) is 5.19. The standard InChI is InChI=1S/C22H22FN3O3/c1-2-20(27)26-11-3-4-15(13-26)21(28)24-17-9-10-18-19(12-17)29-22(25-18)14-5-7-16(23)8-6-14/h5-10,12,15H,2-4,11,13H2,1H3,(H,24,28). The Morgan fingerprint density at radius 1 is 1.24 bits per heavy atom. The van der Waals surface area contributed by atoms with E-state index in [2.05, 4.69) is 10.3 Å². The van der Waals surface area contributed by atoms with Crippen LogP contribution in [-0.2, 0) is 9.59 Å². The second-order valence-electron chi connectivity index (χ2n) is 7.23. The molecule has 0 bridgehead atoms. The lowest BCUT2D eigenvalue weighted by atomic mass is 9.96. The van der Waals surface area contributed by atoms with E-state index in [1.165, 1.54) is 12.1 Å². The number of carbonyl (C=O) groups excluding carboxylic acids is 2. The SMILES string of the molecule is CCC(=O)N1CCCC(C(=O)Nc2ccc3nc(-c4ccc(F)cc4)oc3c2)C1. The molecule has 2 aromatic carbocycles. The number of fused-ring (bicyclic) bond motifs is 1. The Morgan fingerprint density at radius 3 is 2.79 bits per heavy atom. The maximum Gasteiger partial charge on any atom is 0.229 e. The lowest BCUT2D eigenvalue weighted by molar-refractivity contribution is -0.134. The molecule has 1 saturated heterocycles. The third kappa shape index (κ3) is 4.13. The number of benzene rings is 2. The van der Waals surface area contributed by atoms with Gasteiger partial charge in [0.15, 0.2) is 5.58 Å². The van der Waals surface area contributed by atoms with Gasteiger partial charge in [0, 0.05) is 36.8 Å². The molecule has 0 radical (unpaired) electrons. The van der Waals surface area contributed by atoms with Crippen LogP contribution < -0.4 is 5.32 Å². The van der Waals surface area contributed by atoms with E-state index in [0.29, 0.717) is 47.8 Å². The highest BCUT2D eigenvalue weighted by molar-refractivity contribution is 5.95. The van der Waals surface area contributed by atoms with Gasteiger partial charge in [-0.05, 0) is 49.2 Å². The van der Waals surface area contributed by atoms with Gasteiger partial charge in [-0.3, -0.25) is 9.59 Å². The summed E-state index contributed by atoms with van der Waals surface area (Å²) < 4.78 is 18.9. The Hall–Kier alpha value is -3.22. The van der Waals surface area contributed by atoms with Crippen LogP contribution in [0.25, 0.3) is 22.6 Å². The molecule has 7 heteroatoms. The van der Waals surface area contributed by atoms with Crippen molar-refractivity contribution >= 4 is 28.6 Å². The lowest BCUT2D eigenvalue weighted by Crippen LogP contribution is -2.43. The summed E-state index contributed by atoms with van der Waals surface area (Å²) >= 11 is 0. The van der Waals surface area contributed by atoms with E-state index >= 15 is 0 Å². The average molecular weight is 395 g/mol. The third-order valence-electron chi connectivity index (χ3n) is 5.19. The number of aromatic nitrogens is 1. The first-order valence-electron chi connectivity index (χ1n) is 9.78. The van der Waals surface area contributed by atoms with Crippen molar-refractivity contribution < 1.29 is 18.4 Å². The Bertz CT molecular complexity index is 1050. The summed E-state index contributed by atoms with van der Waals surface area (Å²) in [5.41, 5.74) is 2.48. The molecular formula is C22H22FN3O3. The molecule has 1 aliphatic heterocycles. The van der Waals surface area contributed by atoms with Gasteiger partial charge >= 0.3 is 0 Å². The normalized spacial score (nSPS) is 16.8. The van der Waals surface area contributed by atoms with Crippen molar-refractivity contribution in [1.29, 1.82) is 0 Å². The van der Waals surface area contributed by atoms with Crippen molar-refractivity contribution in [3.63, 3.8) is 0 Å². The molecule has 150 valence electrons. The molecule has 1 atom stereocenters. The van der Waals surface area contributed by atoms with Crippen LogP contribution in [-0.4, -0.2) is 34.8 Å². The van der Waals surface area contributed by atoms with Gasteiger partial charge in [-0.15, -0.1) is 0 Å². The van der Waals surface area contributed by atoms with Crippen molar-refractivity contribution in [3.8, 4) is 11.5 Å². The largest absolute Gasteiger partial charge is 0.436 e. The van der Waals surface area contributed by atoms with Crippen molar-refractivity contribution in [3.05, 3.63) is 48.3 Å². The predicted molar refractivity (Wildman–Crippen MR) is 108 cm³/mol. The van der Waals surface area contributed by atoms with Gasteiger partial charge in [0.25, 0.3) is 0 Å². The van der Waals surface area contributed by atoms with Crippen molar-refractivity contribution in [2.45, 2.75) is 26.2 Å². The predicted octanol–water partition coefficient (Wildman–Crippen LogP) is 4.22. The van der Waals surface area contributed by atoms with E-state index in [1.807, 2.05) is 6.92 Å². The number of hydrogen-bond donors (Lipinski definition) is 1. The number of rotatable bonds is 4. The topological polar surface area (TPSA) is 75.4 Å². The molecule has 1 N–H and O–H groups in total. The highest BCUT2D eigenvalue weighted by atomic mass is 19.1. The summed E-state index contributed by atoms with van der Waals surface area (Å²) in [6.07, 6.45) is 2.04. The molecule has 3 aromatic rings. The second kappa shape index (κ2) is 8.03. The van der Waals surface area contributed by atoms with Crippen LogP contribution in [0.5, 0.6) is 0 Å². The Morgan fingerprint density at radius 2 is 2.03 bits per heavy atom.